The molecule has 0 radical (unpaired) electrons. The molecule has 0 saturated carbocycles. The van der Waals surface area contributed by atoms with Crippen LogP contribution in [0, 0.1) is 0 Å². The van der Waals surface area contributed by atoms with Gasteiger partial charge in [0.15, 0.2) is 17.3 Å². The fourth-order valence-electron chi connectivity index (χ4n) is 2.50. The summed E-state index contributed by atoms with van der Waals surface area (Å²) in [5.41, 5.74) is 1.85. The third-order valence-corrected chi connectivity index (χ3v) is 3.54. The van der Waals surface area contributed by atoms with Crippen molar-refractivity contribution in [2.45, 2.75) is 0 Å². The highest BCUT2D eigenvalue weighted by atomic mass is 16.5. The molecule has 0 atom stereocenters. The Labute approximate surface area is 128 Å². The molecule has 1 aromatic heterocycles. The van der Waals surface area contributed by atoms with Gasteiger partial charge in [0, 0.05) is 17.1 Å². The van der Waals surface area contributed by atoms with Gasteiger partial charge in [-0.05, 0) is 24.3 Å². The van der Waals surface area contributed by atoms with Crippen molar-refractivity contribution in [3.05, 3.63) is 65.9 Å². The van der Waals surface area contributed by atoms with Gasteiger partial charge in [0.1, 0.15) is 0 Å². The van der Waals surface area contributed by atoms with E-state index in [1.165, 1.54) is 7.11 Å². The Morgan fingerprint density at radius 1 is 0.909 bits per heavy atom. The highest BCUT2D eigenvalue weighted by Crippen LogP contribution is 2.33. The zero-order valence-corrected chi connectivity index (χ0v) is 12.4. The zero-order valence-electron chi connectivity index (χ0n) is 12.4. The number of para-hydroxylation sites is 2. The summed E-state index contributed by atoms with van der Waals surface area (Å²) >= 11 is 0. The molecule has 2 aromatic carbocycles. The molecular weight excluding hydrogens is 278 g/mol. The topological polar surface area (TPSA) is 48.4 Å². The fourth-order valence-corrected chi connectivity index (χ4v) is 2.50. The van der Waals surface area contributed by atoms with Crippen molar-refractivity contribution in [3.8, 4) is 11.5 Å². The van der Waals surface area contributed by atoms with Crippen molar-refractivity contribution in [2.75, 3.05) is 14.2 Å². The molecule has 3 rings (SSSR count). The largest absolute Gasteiger partial charge is 0.493 e. The van der Waals surface area contributed by atoms with Crippen LogP contribution in [0.5, 0.6) is 11.5 Å². The lowest BCUT2D eigenvalue weighted by Gasteiger charge is -2.12. The molecule has 0 aliphatic carbocycles. The summed E-state index contributed by atoms with van der Waals surface area (Å²) < 4.78 is 10.6. The van der Waals surface area contributed by atoms with Crippen LogP contribution in [0.3, 0.4) is 0 Å². The van der Waals surface area contributed by atoms with Crippen LogP contribution in [0.2, 0.25) is 0 Å². The van der Waals surface area contributed by atoms with Gasteiger partial charge in [-0.2, -0.15) is 0 Å². The van der Waals surface area contributed by atoms with Crippen LogP contribution in [0.15, 0.2) is 54.7 Å². The summed E-state index contributed by atoms with van der Waals surface area (Å²) in [7, 11) is 3.08. The van der Waals surface area contributed by atoms with Crippen molar-refractivity contribution < 1.29 is 14.3 Å². The first-order valence-electron chi connectivity index (χ1n) is 6.85. The van der Waals surface area contributed by atoms with Gasteiger partial charge >= 0.3 is 0 Å². The summed E-state index contributed by atoms with van der Waals surface area (Å²) in [6.45, 7) is 0. The molecule has 0 bridgehead atoms. The number of rotatable bonds is 4. The molecule has 0 fully saturated rings. The fraction of sp³-hybridized carbons (Fsp3) is 0.111. The Morgan fingerprint density at radius 3 is 2.50 bits per heavy atom. The van der Waals surface area contributed by atoms with Crippen LogP contribution in [0.25, 0.3) is 10.9 Å². The van der Waals surface area contributed by atoms with E-state index in [4.69, 9.17) is 9.47 Å². The number of carbonyl (C=O) groups excluding carboxylic acids is 1. The lowest BCUT2D eigenvalue weighted by atomic mass is 9.99. The second-order valence-electron chi connectivity index (χ2n) is 4.75. The number of pyridine rings is 1. The van der Waals surface area contributed by atoms with Gasteiger partial charge in [-0.15, -0.1) is 0 Å². The standard InChI is InChI=1S/C18H15NO3/c1-21-16-9-5-7-14(18(16)22-2)17(20)13-10-11-19-15-8-4-3-6-12(13)15/h3-11H,1-2H3. The van der Waals surface area contributed by atoms with E-state index in [9.17, 15) is 4.79 Å². The Balaban J connectivity index is 2.19. The second-order valence-corrected chi connectivity index (χ2v) is 4.75. The number of methoxy groups -OCH3 is 2. The molecule has 3 aromatic rings. The molecule has 22 heavy (non-hydrogen) atoms. The Bertz CT molecular complexity index is 837. The van der Waals surface area contributed by atoms with Gasteiger partial charge in [0.05, 0.1) is 25.3 Å². The maximum Gasteiger partial charge on any atom is 0.197 e. The quantitative estimate of drug-likeness (QED) is 0.691. The Kier molecular flexibility index (Phi) is 3.74. The number of carbonyl (C=O) groups is 1. The SMILES string of the molecule is COc1cccc(C(=O)c2ccnc3ccccc23)c1OC. The minimum absolute atomic E-state index is 0.116. The van der Waals surface area contributed by atoms with E-state index in [1.54, 1.807) is 37.6 Å². The zero-order chi connectivity index (χ0) is 15.5. The average molecular weight is 293 g/mol. The summed E-state index contributed by atoms with van der Waals surface area (Å²) in [6.07, 6.45) is 1.64. The van der Waals surface area contributed by atoms with Gasteiger partial charge in [-0.3, -0.25) is 9.78 Å². The monoisotopic (exact) mass is 293 g/mol. The normalized spacial score (nSPS) is 10.5. The third kappa shape index (κ3) is 2.29. The lowest BCUT2D eigenvalue weighted by molar-refractivity contribution is 0.103. The van der Waals surface area contributed by atoms with Gasteiger partial charge in [0.25, 0.3) is 0 Å². The highest BCUT2D eigenvalue weighted by Gasteiger charge is 2.19. The van der Waals surface area contributed by atoms with E-state index in [-0.39, 0.29) is 5.78 Å². The predicted molar refractivity (Wildman–Crippen MR) is 84.7 cm³/mol. The molecule has 0 spiro atoms. The Morgan fingerprint density at radius 2 is 1.73 bits per heavy atom. The van der Waals surface area contributed by atoms with Crippen molar-refractivity contribution in [1.29, 1.82) is 0 Å². The van der Waals surface area contributed by atoms with Gasteiger partial charge in [-0.25, -0.2) is 0 Å². The third-order valence-electron chi connectivity index (χ3n) is 3.54. The maximum atomic E-state index is 12.9. The van der Waals surface area contributed by atoms with E-state index < -0.39 is 0 Å². The molecule has 0 saturated heterocycles. The minimum atomic E-state index is -0.116. The summed E-state index contributed by atoms with van der Waals surface area (Å²) in [5, 5.41) is 0.819. The van der Waals surface area contributed by atoms with E-state index in [0.29, 0.717) is 22.6 Å². The number of hydrogen-bond acceptors (Lipinski definition) is 4. The van der Waals surface area contributed by atoms with E-state index in [2.05, 4.69) is 4.98 Å². The van der Waals surface area contributed by atoms with E-state index >= 15 is 0 Å². The number of benzene rings is 2. The van der Waals surface area contributed by atoms with Crippen LogP contribution in [0.4, 0.5) is 0 Å². The van der Waals surface area contributed by atoms with E-state index in [1.807, 2.05) is 24.3 Å². The molecule has 4 nitrogen and oxygen atoms in total. The van der Waals surface area contributed by atoms with Crippen LogP contribution in [0.1, 0.15) is 15.9 Å². The van der Waals surface area contributed by atoms with Gasteiger partial charge in [-0.1, -0.05) is 24.3 Å². The first kappa shape index (κ1) is 14.1. The molecule has 0 amide bonds. The molecule has 1 heterocycles. The number of hydrogen-bond donors (Lipinski definition) is 0. The number of aromatic nitrogens is 1. The number of ether oxygens (including phenoxy) is 2. The maximum absolute atomic E-state index is 12.9. The predicted octanol–water partition coefficient (Wildman–Crippen LogP) is 3.48. The molecule has 0 unspecified atom stereocenters. The molecule has 0 N–H and O–H groups in total. The van der Waals surface area contributed by atoms with Crippen molar-refractivity contribution in [2.24, 2.45) is 0 Å². The number of nitrogens with zero attached hydrogens (tertiary/aromatic N) is 1. The molecule has 0 aliphatic rings. The first-order chi connectivity index (χ1) is 10.8. The number of ketones is 1. The van der Waals surface area contributed by atoms with Gasteiger partial charge < -0.3 is 9.47 Å². The lowest BCUT2D eigenvalue weighted by Crippen LogP contribution is -2.06. The van der Waals surface area contributed by atoms with Gasteiger partial charge in [0.2, 0.25) is 0 Å². The minimum Gasteiger partial charge on any atom is -0.493 e. The first-order valence-corrected chi connectivity index (χ1v) is 6.85. The highest BCUT2D eigenvalue weighted by molar-refractivity contribution is 6.17. The van der Waals surface area contributed by atoms with Crippen LogP contribution >= 0.6 is 0 Å². The van der Waals surface area contributed by atoms with Crippen LogP contribution in [-0.4, -0.2) is 25.0 Å². The van der Waals surface area contributed by atoms with Crippen molar-refractivity contribution in [1.82, 2.24) is 4.98 Å². The smallest absolute Gasteiger partial charge is 0.197 e. The average Bonchev–Trinajstić information content (AvgIpc) is 2.59. The molecule has 4 heteroatoms. The molecular formula is C18H15NO3. The Hall–Kier alpha value is -2.88. The van der Waals surface area contributed by atoms with Crippen LogP contribution < -0.4 is 9.47 Å². The van der Waals surface area contributed by atoms with Crippen molar-refractivity contribution in [3.63, 3.8) is 0 Å². The summed E-state index contributed by atoms with van der Waals surface area (Å²) in [6, 6.07) is 14.6. The van der Waals surface area contributed by atoms with E-state index in [0.717, 1.165) is 10.9 Å². The second kappa shape index (κ2) is 5.85. The van der Waals surface area contributed by atoms with Crippen LogP contribution in [-0.2, 0) is 0 Å². The summed E-state index contributed by atoms with van der Waals surface area (Å²) in [5.74, 6) is 0.858. The number of fused-ring (bicyclic) bond motifs is 1. The molecule has 0 aliphatic heterocycles. The summed E-state index contributed by atoms with van der Waals surface area (Å²) in [4.78, 5) is 17.2. The molecule has 110 valence electrons. The van der Waals surface area contributed by atoms with Crippen molar-refractivity contribution >= 4 is 16.7 Å².